The van der Waals surface area contributed by atoms with Gasteiger partial charge in [-0.15, -0.1) is 0 Å². The fourth-order valence-corrected chi connectivity index (χ4v) is 8.82. The van der Waals surface area contributed by atoms with E-state index in [4.69, 9.17) is 0 Å². The van der Waals surface area contributed by atoms with Crippen LogP contribution in [0.4, 0.5) is 0 Å². The monoisotopic (exact) mass is 671 g/mol. The van der Waals surface area contributed by atoms with E-state index in [-0.39, 0.29) is 0 Å². The number of benzene rings is 10. The van der Waals surface area contributed by atoms with E-state index >= 15 is 0 Å². The van der Waals surface area contributed by atoms with Crippen LogP contribution >= 0.6 is 0 Å². The molecule has 53 heavy (non-hydrogen) atoms. The van der Waals surface area contributed by atoms with Crippen molar-refractivity contribution in [3.8, 4) is 39.1 Å². The maximum Gasteiger partial charge on any atom is 0.0547 e. The second-order valence-corrected chi connectivity index (χ2v) is 14.0. The maximum absolute atomic E-state index is 2.45. The van der Waals surface area contributed by atoms with Crippen molar-refractivity contribution in [2.24, 2.45) is 0 Å². The van der Waals surface area contributed by atoms with Crippen LogP contribution < -0.4 is 0 Å². The van der Waals surface area contributed by atoms with Crippen LogP contribution in [0, 0.1) is 0 Å². The van der Waals surface area contributed by atoms with Crippen molar-refractivity contribution in [1.29, 1.82) is 0 Å². The van der Waals surface area contributed by atoms with Crippen LogP contribution in [0.2, 0.25) is 0 Å². The van der Waals surface area contributed by atoms with Gasteiger partial charge in [0.15, 0.2) is 0 Å². The zero-order valence-electron chi connectivity index (χ0n) is 29.0. The standard InChI is InChI=1S/C52H33N/c1-3-13-34(14-4-1)39-25-30-45-46(33-39)50(44-22-12-11-21-43(44)49(45)37-17-5-2-6-18-37)38-23-28-40(29-24-38)53-47-31-26-35-15-7-9-19-41(35)51(47)52-42-20-10-8-16-36(42)27-32-48(52)53/h1-33H. The summed E-state index contributed by atoms with van der Waals surface area (Å²) in [5.74, 6) is 0. The predicted molar refractivity (Wildman–Crippen MR) is 227 cm³/mol. The average Bonchev–Trinajstić information content (AvgIpc) is 3.59. The third-order valence-corrected chi connectivity index (χ3v) is 11.2. The van der Waals surface area contributed by atoms with Gasteiger partial charge in [0, 0.05) is 16.5 Å². The zero-order chi connectivity index (χ0) is 34.9. The Morgan fingerprint density at radius 2 is 0.698 bits per heavy atom. The van der Waals surface area contributed by atoms with Crippen LogP contribution in [0.25, 0.3) is 104 Å². The molecule has 0 unspecified atom stereocenters. The number of aromatic nitrogens is 1. The molecule has 246 valence electrons. The Labute approximate surface area is 307 Å². The lowest BCUT2D eigenvalue weighted by atomic mass is 9.85. The molecule has 11 aromatic rings. The first-order valence-corrected chi connectivity index (χ1v) is 18.4. The third-order valence-electron chi connectivity index (χ3n) is 11.2. The van der Waals surface area contributed by atoms with Gasteiger partial charge in [0.2, 0.25) is 0 Å². The molecule has 0 radical (unpaired) electrons. The van der Waals surface area contributed by atoms with Gasteiger partial charge in [-0.3, -0.25) is 0 Å². The summed E-state index contributed by atoms with van der Waals surface area (Å²) < 4.78 is 2.45. The van der Waals surface area contributed by atoms with Gasteiger partial charge in [0.1, 0.15) is 0 Å². The molecule has 1 heterocycles. The normalized spacial score (nSPS) is 11.8. The molecule has 0 bridgehead atoms. The molecule has 0 amide bonds. The molecule has 0 spiro atoms. The quantitative estimate of drug-likeness (QED) is 0.164. The second-order valence-electron chi connectivity index (χ2n) is 14.0. The minimum absolute atomic E-state index is 1.15. The van der Waals surface area contributed by atoms with E-state index in [9.17, 15) is 0 Å². The van der Waals surface area contributed by atoms with Gasteiger partial charge in [-0.25, -0.2) is 0 Å². The molecular formula is C52H33N. The highest BCUT2D eigenvalue weighted by molar-refractivity contribution is 6.28. The lowest BCUT2D eigenvalue weighted by Gasteiger charge is -2.19. The lowest BCUT2D eigenvalue weighted by Crippen LogP contribution is -1.95. The van der Waals surface area contributed by atoms with E-state index in [2.05, 4.69) is 205 Å². The molecule has 1 nitrogen and oxygen atoms in total. The third kappa shape index (κ3) is 4.58. The first-order valence-electron chi connectivity index (χ1n) is 18.4. The molecule has 11 rings (SSSR count). The van der Waals surface area contributed by atoms with Crippen molar-refractivity contribution in [3.05, 3.63) is 200 Å². The van der Waals surface area contributed by atoms with E-state index in [1.807, 2.05) is 0 Å². The van der Waals surface area contributed by atoms with Crippen molar-refractivity contribution in [2.75, 3.05) is 0 Å². The highest BCUT2D eigenvalue weighted by atomic mass is 15.0. The van der Waals surface area contributed by atoms with Crippen LogP contribution in [0.3, 0.4) is 0 Å². The van der Waals surface area contributed by atoms with Gasteiger partial charge in [-0.2, -0.15) is 0 Å². The summed E-state index contributed by atoms with van der Waals surface area (Å²) in [5, 5.41) is 12.7. The topological polar surface area (TPSA) is 4.93 Å². The Morgan fingerprint density at radius 1 is 0.264 bits per heavy atom. The Kier molecular flexibility index (Phi) is 6.62. The van der Waals surface area contributed by atoms with Crippen molar-refractivity contribution >= 4 is 64.9 Å². The van der Waals surface area contributed by atoms with Crippen LogP contribution in [-0.2, 0) is 0 Å². The fourth-order valence-electron chi connectivity index (χ4n) is 8.82. The summed E-state index contributed by atoms with van der Waals surface area (Å²) in [6.45, 7) is 0. The van der Waals surface area contributed by atoms with Crippen molar-refractivity contribution < 1.29 is 0 Å². The Balaban J connectivity index is 1.18. The van der Waals surface area contributed by atoms with Crippen molar-refractivity contribution in [2.45, 2.75) is 0 Å². The summed E-state index contributed by atoms with van der Waals surface area (Å²) >= 11 is 0. The van der Waals surface area contributed by atoms with Gasteiger partial charge >= 0.3 is 0 Å². The Hall–Kier alpha value is -6.96. The van der Waals surface area contributed by atoms with Crippen LogP contribution in [0.5, 0.6) is 0 Å². The number of hydrogen-bond donors (Lipinski definition) is 0. The molecule has 0 saturated carbocycles. The van der Waals surface area contributed by atoms with E-state index in [0.717, 1.165) is 5.69 Å². The zero-order valence-corrected chi connectivity index (χ0v) is 29.0. The van der Waals surface area contributed by atoms with Crippen molar-refractivity contribution in [1.82, 2.24) is 4.57 Å². The highest BCUT2D eigenvalue weighted by Gasteiger charge is 2.20. The van der Waals surface area contributed by atoms with E-state index in [1.165, 1.54) is 98.3 Å². The first kappa shape index (κ1) is 29.7. The molecule has 0 aliphatic heterocycles. The molecule has 1 aromatic heterocycles. The van der Waals surface area contributed by atoms with E-state index < -0.39 is 0 Å². The number of hydrogen-bond acceptors (Lipinski definition) is 0. The molecule has 0 aliphatic carbocycles. The Bertz CT molecular complexity index is 3100. The molecule has 1 heteroatoms. The van der Waals surface area contributed by atoms with Gasteiger partial charge in [-0.05, 0) is 107 Å². The number of fused-ring (bicyclic) bond motifs is 9. The molecule has 0 N–H and O–H groups in total. The molecule has 0 fully saturated rings. The lowest BCUT2D eigenvalue weighted by molar-refractivity contribution is 1.18. The highest BCUT2D eigenvalue weighted by Crippen LogP contribution is 2.46. The largest absolute Gasteiger partial charge is 0.309 e. The van der Waals surface area contributed by atoms with Crippen LogP contribution in [-0.4, -0.2) is 4.57 Å². The van der Waals surface area contributed by atoms with Gasteiger partial charge in [-0.1, -0.05) is 170 Å². The minimum Gasteiger partial charge on any atom is -0.309 e. The molecule has 0 saturated heterocycles. The molecule has 10 aromatic carbocycles. The summed E-state index contributed by atoms with van der Waals surface area (Å²) in [6.07, 6.45) is 0. The fraction of sp³-hybridized carbons (Fsp3) is 0. The summed E-state index contributed by atoms with van der Waals surface area (Å²) in [4.78, 5) is 0. The molecular weight excluding hydrogens is 639 g/mol. The SMILES string of the molecule is c1ccc(-c2ccc3c(-c4ccccc4)c4ccccc4c(-c4ccc(-n5c6ccc7ccccc7c6c6c7ccccc7ccc65)cc4)c3c2)cc1. The molecule has 0 atom stereocenters. The minimum atomic E-state index is 1.15. The maximum atomic E-state index is 2.45. The second kappa shape index (κ2) is 11.8. The van der Waals surface area contributed by atoms with E-state index in [0.29, 0.717) is 0 Å². The average molecular weight is 672 g/mol. The number of rotatable bonds is 4. The van der Waals surface area contributed by atoms with Crippen LogP contribution in [0.15, 0.2) is 200 Å². The molecule has 0 aliphatic rings. The smallest absolute Gasteiger partial charge is 0.0547 e. The first-order chi connectivity index (χ1) is 26.3. The summed E-state index contributed by atoms with van der Waals surface area (Å²) in [6, 6.07) is 73.5. The predicted octanol–water partition coefficient (Wildman–Crippen LogP) is 14.4. The van der Waals surface area contributed by atoms with Gasteiger partial charge in [0.05, 0.1) is 11.0 Å². The van der Waals surface area contributed by atoms with Crippen molar-refractivity contribution in [3.63, 3.8) is 0 Å². The van der Waals surface area contributed by atoms with Crippen LogP contribution in [0.1, 0.15) is 0 Å². The van der Waals surface area contributed by atoms with Gasteiger partial charge in [0.25, 0.3) is 0 Å². The summed E-state index contributed by atoms with van der Waals surface area (Å²) in [7, 11) is 0. The summed E-state index contributed by atoms with van der Waals surface area (Å²) in [5.41, 5.74) is 11.0. The van der Waals surface area contributed by atoms with E-state index in [1.54, 1.807) is 0 Å². The van der Waals surface area contributed by atoms with Gasteiger partial charge < -0.3 is 4.57 Å². The number of nitrogens with zero attached hydrogens (tertiary/aromatic N) is 1. The Morgan fingerprint density at radius 3 is 1.28 bits per heavy atom.